The van der Waals surface area contributed by atoms with Gasteiger partial charge in [0.1, 0.15) is 0 Å². The number of hydrogen-bond donors (Lipinski definition) is 1. The summed E-state index contributed by atoms with van der Waals surface area (Å²) in [5.74, 6) is 0.354. The summed E-state index contributed by atoms with van der Waals surface area (Å²) in [6.07, 6.45) is 23.4. The minimum Gasteiger partial charge on any atom is -0.398 e. The summed E-state index contributed by atoms with van der Waals surface area (Å²) in [5, 5.41) is 2.68. The van der Waals surface area contributed by atoms with E-state index < -0.39 is 5.41 Å². The SMILES string of the molecule is C=C\C=C/C(=C\C)C(/C=C(\N)c1ccccc1)=C/Cc1cccc2c1-c1cc(C3=c4ccccc4=C4C=CC=CC4C3)ccc1C21c2ccccc2C(C)(C)c2ccccc21. The Morgan fingerprint density at radius 2 is 1.38 bits per heavy atom. The first kappa shape index (κ1) is 38.3. The largest absolute Gasteiger partial charge is 0.398 e. The third-order valence-corrected chi connectivity index (χ3v) is 13.7. The maximum Gasteiger partial charge on any atom is 0.0719 e. The van der Waals surface area contributed by atoms with Crippen molar-refractivity contribution < 1.29 is 0 Å². The van der Waals surface area contributed by atoms with Gasteiger partial charge in [-0.15, -0.1) is 0 Å². The molecule has 4 aliphatic carbocycles. The van der Waals surface area contributed by atoms with Crippen LogP contribution >= 0.6 is 0 Å². The average molecular weight is 786 g/mol. The fourth-order valence-corrected chi connectivity index (χ4v) is 10.9. The van der Waals surface area contributed by atoms with E-state index in [0.717, 1.165) is 35.2 Å². The predicted molar refractivity (Wildman–Crippen MR) is 257 cm³/mol. The summed E-state index contributed by atoms with van der Waals surface area (Å²) < 4.78 is 0. The minimum atomic E-state index is -0.486. The van der Waals surface area contributed by atoms with Crippen LogP contribution in [-0.2, 0) is 17.3 Å². The van der Waals surface area contributed by atoms with Crippen LogP contribution in [0.15, 0.2) is 218 Å². The van der Waals surface area contributed by atoms with Gasteiger partial charge in [0.25, 0.3) is 0 Å². The quantitative estimate of drug-likeness (QED) is 0.153. The van der Waals surface area contributed by atoms with E-state index >= 15 is 0 Å². The second-order valence-electron chi connectivity index (χ2n) is 17.3. The van der Waals surface area contributed by atoms with Crippen LogP contribution in [0.3, 0.4) is 0 Å². The van der Waals surface area contributed by atoms with Crippen molar-refractivity contribution in [3.8, 4) is 11.1 Å². The van der Waals surface area contributed by atoms with Crippen LogP contribution in [0.25, 0.3) is 28.0 Å². The lowest BCUT2D eigenvalue weighted by Crippen LogP contribution is -2.40. The Morgan fingerprint density at radius 1 is 0.705 bits per heavy atom. The van der Waals surface area contributed by atoms with Crippen LogP contribution in [0.1, 0.15) is 77.3 Å². The zero-order chi connectivity index (χ0) is 41.7. The molecule has 1 unspecified atom stereocenters. The molecular weight excluding hydrogens is 735 g/mol. The molecule has 6 aromatic carbocycles. The molecule has 0 radical (unpaired) electrons. The predicted octanol–water partition coefficient (Wildman–Crippen LogP) is 12.3. The highest BCUT2D eigenvalue weighted by Gasteiger charge is 2.53. The van der Waals surface area contributed by atoms with Crippen LogP contribution in [-0.4, -0.2) is 0 Å². The summed E-state index contributed by atoms with van der Waals surface area (Å²) in [5.41, 5.74) is 26.4. The van der Waals surface area contributed by atoms with Crippen LogP contribution in [0.2, 0.25) is 0 Å². The van der Waals surface area contributed by atoms with Gasteiger partial charge in [0.15, 0.2) is 0 Å². The van der Waals surface area contributed by atoms with E-state index in [-0.39, 0.29) is 5.41 Å². The molecule has 2 N–H and O–H groups in total. The van der Waals surface area contributed by atoms with Gasteiger partial charge in [-0.3, -0.25) is 0 Å². The van der Waals surface area contributed by atoms with Gasteiger partial charge in [-0.2, -0.15) is 0 Å². The zero-order valence-corrected chi connectivity index (χ0v) is 35.3. The first-order valence-electron chi connectivity index (χ1n) is 21.7. The summed E-state index contributed by atoms with van der Waals surface area (Å²) >= 11 is 0. The summed E-state index contributed by atoms with van der Waals surface area (Å²) in [6, 6.07) is 52.2. The van der Waals surface area contributed by atoms with Crippen LogP contribution in [0, 0.1) is 5.92 Å². The standard InChI is InChI=1S/C60H51N/c1-5-7-20-40(6-2)43(39-57(61)41-21-9-8-10-22-41)34-33-42-24-19-32-56-58(42)50-38-45(49-37-44-23-11-12-25-46(44)47-26-13-14-27-48(47)49)35-36-51(50)60(56)54-30-17-15-28-52(54)59(3,4)53-29-16-18-31-55(53)60/h5-32,34-36,38-39,44H,1,33,37,61H2,2-4H3/b20-7-,40-6+,43-34+,57-39-. The third-order valence-electron chi connectivity index (χ3n) is 13.7. The number of benzene rings is 6. The van der Waals surface area contributed by atoms with Gasteiger partial charge < -0.3 is 5.73 Å². The molecule has 0 fully saturated rings. The van der Waals surface area contributed by atoms with Crippen LogP contribution < -0.4 is 16.2 Å². The van der Waals surface area contributed by atoms with Gasteiger partial charge in [-0.25, -0.2) is 0 Å². The monoisotopic (exact) mass is 785 g/mol. The zero-order valence-electron chi connectivity index (χ0n) is 35.3. The summed E-state index contributed by atoms with van der Waals surface area (Å²) in [6.45, 7) is 10.8. The topological polar surface area (TPSA) is 26.0 Å². The molecule has 0 aliphatic heterocycles. The average Bonchev–Trinajstić information content (AvgIpc) is 3.61. The molecule has 0 saturated heterocycles. The van der Waals surface area contributed by atoms with Gasteiger partial charge in [-0.05, 0) is 126 Å². The third kappa shape index (κ3) is 6.06. The molecule has 0 bridgehead atoms. The molecule has 0 saturated carbocycles. The number of nitrogens with two attached hydrogens (primary N) is 1. The normalized spacial score (nSPS) is 18.0. The second-order valence-corrected chi connectivity index (χ2v) is 17.3. The smallest absolute Gasteiger partial charge is 0.0719 e. The number of rotatable bonds is 8. The first-order valence-corrected chi connectivity index (χ1v) is 21.7. The molecule has 6 aromatic rings. The Kier molecular flexibility index (Phi) is 9.57. The van der Waals surface area contributed by atoms with Gasteiger partial charge in [0, 0.05) is 17.0 Å². The number of fused-ring (bicyclic) bond motifs is 11. The van der Waals surface area contributed by atoms with Crippen molar-refractivity contribution in [1.29, 1.82) is 0 Å². The fraction of sp³-hybridized carbons (Fsp3) is 0.133. The number of allylic oxidation sites excluding steroid dienone is 12. The Labute approximate surface area is 361 Å². The molecular formula is C60H51N. The molecule has 0 heterocycles. The molecule has 296 valence electrons. The highest BCUT2D eigenvalue weighted by Crippen LogP contribution is 2.63. The van der Waals surface area contributed by atoms with Gasteiger partial charge >= 0.3 is 0 Å². The molecule has 10 rings (SSSR count). The lowest BCUT2D eigenvalue weighted by Gasteiger charge is -2.46. The van der Waals surface area contributed by atoms with Crippen molar-refractivity contribution in [3.63, 3.8) is 0 Å². The summed E-state index contributed by atoms with van der Waals surface area (Å²) in [4.78, 5) is 0. The van der Waals surface area contributed by atoms with E-state index in [9.17, 15) is 0 Å². The van der Waals surface area contributed by atoms with Gasteiger partial charge in [0.2, 0.25) is 0 Å². The Bertz CT molecular complexity index is 3030. The highest BCUT2D eigenvalue weighted by molar-refractivity contribution is 5.92. The van der Waals surface area contributed by atoms with Crippen molar-refractivity contribution in [2.24, 2.45) is 11.7 Å². The minimum absolute atomic E-state index is 0.165. The van der Waals surface area contributed by atoms with Crippen molar-refractivity contribution in [1.82, 2.24) is 0 Å². The van der Waals surface area contributed by atoms with Crippen molar-refractivity contribution in [2.45, 2.75) is 44.4 Å². The van der Waals surface area contributed by atoms with Crippen LogP contribution in [0.5, 0.6) is 0 Å². The van der Waals surface area contributed by atoms with E-state index in [0.29, 0.717) is 5.92 Å². The molecule has 1 nitrogen and oxygen atoms in total. The molecule has 1 heteroatoms. The maximum absolute atomic E-state index is 6.84. The molecule has 0 aromatic heterocycles. The van der Waals surface area contributed by atoms with E-state index in [1.807, 2.05) is 30.4 Å². The molecule has 1 spiro atoms. The number of hydrogen-bond acceptors (Lipinski definition) is 1. The molecule has 1 atom stereocenters. The van der Waals surface area contributed by atoms with Crippen LogP contribution in [0.4, 0.5) is 0 Å². The first-order chi connectivity index (χ1) is 29.9. The fourth-order valence-electron chi connectivity index (χ4n) is 10.9. The van der Waals surface area contributed by atoms with Crippen molar-refractivity contribution >= 4 is 16.8 Å². The molecule has 4 aliphatic rings. The van der Waals surface area contributed by atoms with E-state index in [1.165, 1.54) is 77.2 Å². The van der Waals surface area contributed by atoms with Gasteiger partial charge in [-0.1, -0.05) is 209 Å². The maximum atomic E-state index is 6.84. The Morgan fingerprint density at radius 3 is 2.10 bits per heavy atom. The molecule has 61 heavy (non-hydrogen) atoms. The molecule has 0 amide bonds. The Hall–Kier alpha value is -6.96. The Balaban J connectivity index is 1.25. The highest BCUT2D eigenvalue weighted by atomic mass is 14.6. The van der Waals surface area contributed by atoms with Crippen molar-refractivity contribution in [2.75, 3.05) is 0 Å². The second kappa shape index (κ2) is 15.3. The van der Waals surface area contributed by atoms with Crippen molar-refractivity contribution in [3.05, 3.63) is 279 Å². The van der Waals surface area contributed by atoms with E-state index in [1.54, 1.807) is 0 Å². The van der Waals surface area contributed by atoms with E-state index in [4.69, 9.17) is 5.73 Å². The summed E-state index contributed by atoms with van der Waals surface area (Å²) in [7, 11) is 0. The van der Waals surface area contributed by atoms with Gasteiger partial charge in [0.05, 0.1) is 5.41 Å². The lowest BCUT2D eigenvalue weighted by molar-refractivity contribution is 0.563. The van der Waals surface area contributed by atoms with E-state index in [2.05, 4.69) is 197 Å². The lowest BCUT2D eigenvalue weighted by atomic mass is 9.55.